The van der Waals surface area contributed by atoms with Gasteiger partial charge < -0.3 is 9.73 Å². The summed E-state index contributed by atoms with van der Waals surface area (Å²) in [5.74, 6) is 1.87. The molecule has 2 rings (SSSR count). The quantitative estimate of drug-likeness (QED) is 0.846. The predicted molar refractivity (Wildman–Crippen MR) is 85.7 cm³/mol. The molecule has 0 aliphatic carbocycles. The fourth-order valence-electron chi connectivity index (χ4n) is 1.59. The molecule has 4 heteroatoms. The van der Waals surface area contributed by atoms with Crippen molar-refractivity contribution in [2.75, 3.05) is 0 Å². The first kappa shape index (κ1) is 16.3. The Labute approximate surface area is 129 Å². The van der Waals surface area contributed by atoms with E-state index < -0.39 is 0 Å². The van der Waals surface area contributed by atoms with Gasteiger partial charge in [0.2, 0.25) is 0 Å². The van der Waals surface area contributed by atoms with Crippen molar-refractivity contribution in [1.29, 1.82) is 0 Å². The van der Waals surface area contributed by atoms with E-state index in [9.17, 15) is 0 Å². The van der Waals surface area contributed by atoms with Crippen LogP contribution in [0.25, 0.3) is 11.3 Å². The summed E-state index contributed by atoms with van der Waals surface area (Å²) in [7, 11) is 0. The summed E-state index contributed by atoms with van der Waals surface area (Å²) in [6.45, 7) is 7.18. The highest BCUT2D eigenvalue weighted by Gasteiger charge is 2.10. The highest BCUT2D eigenvalue weighted by atomic mass is 79.9. The van der Waals surface area contributed by atoms with Gasteiger partial charge in [-0.2, -0.15) is 0 Å². The molecule has 1 aromatic heterocycles. The lowest BCUT2D eigenvalue weighted by Gasteiger charge is -2.19. The van der Waals surface area contributed by atoms with E-state index in [0.717, 1.165) is 28.1 Å². The second-order valence-corrected chi connectivity index (χ2v) is 6.29. The molecule has 104 valence electrons. The summed E-state index contributed by atoms with van der Waals surface area (Å²) >= 11 is 3.43. The van der Waals surface area contributed by atoms with Gasteiger partial charge in [0, 0.05) is 15.6 Å². The standard InChI is InChI=1S/C15H18BrNO.ClH/c1-15(2,3)17-10-13-8-9-14(18-13)11-4-6-12(16)7-5-11;/h4-9,17H,10H2,1-3H3;1H. The van der Waals surface area contributed by atoms with Crippen LogP contribution in [-0.2, 0) is 6.54 Å². The Bertz CT molecular complexity index is 514. The zero-order chi connectivity index (χ0) is 13.2. The molecule has 1 heterocycles. The van der Waals surface area contributed by atoms with Crippen molar-refractivity contribution in [3.63, 3.8) is 0 Å². The van der Waals surface area contributed by atoms with Gasteiger partial charge in [-0.05, 0) is 45.0 Å². The lowest BCUT2D eigenvalue weighted by Crippen LogP contribution is -2.34. The lowest BCUT2D eigenvalue weighted by atomic mass is 10.1. The van der Waals surface area contributed by atoms with Gasteiger partial charge in [-0.15, -0.1) is 12.4 Å². The third-order valence-corrected chi connectivity index (χ3v) is 3.11. The highest BCUT2D eigenvalue weighted by Crippen LogP contribution is 2.24. The van der Waals surface area contributed by atoms with Gasteiger partial charge in [-0.25, -0.2) is 0 Å². The first-order valence-corrected chi connectivity index (χ1v) is 6.83. The van der Waals surface area contributed by atoms with E-state index in [1.165, 1.54) is 0 Å². The molecule has 1 N–H and O–H groups in total. The van der Waals surface area contributed by atoms with Gasteiger partial charge in [0.05, 0.1) is 6.54 Å². The Balaban J connectivity index is 0.00000180. The third kappa shape index (κ3) is 5.01. The molecule has 0 bridgehead atoms. The van der Waals surface area contributed by atoms with Crippen LogP contribution in [0.4, 0.5) is 0 Å². The van der Waals surface area contributed by atoms with Crippen LogP contribution < -0.4 is 5.32 Å². The normalized spacial score (nSPS) is 11.2. The minimum Gasteiger partial charge on any atom is -0.460 e. The minimum absolute atomic E-state index is 0. The van der Waals surface area contributed by atoms with Crippen LogP contribution in [0.3, 0.4) is 0 Å². The van der Waals surface area contributed by atoms with Crippen LogP contribution in [0.15, 0.2) is 45.3 Å². The van der Waals surface area contributed by atoms with E-state index >= 15 is 0 Å². The maximum atomic E-state index is 5.83. The second-order valence-electron chi connectivity index (χ2n) is 5.38. The number of halogens is 2. The first-order valence-electron chi connectivity index (χ1n) is 6.04. The van der Waals surface area contributed by atoms with E-state index in [1.54, 1.807) is 0 Å². The number of hydrogen-bond donors (Lipinski definition) is 1. The fraction of sp³-hybridized carbons (Fsp3) is 0.333. The molecule has 0 atom stereocenters. The van der Waals surface area contributed by atoms with Crippen molar-refractivity contribution in [3.8, 4) is 11.3 Å². The second kappa shape index (κ2) is 6.60. The van der Waals surface area contributed by atoms with Crippen molar-refractivity contribution in [3.05, 3.63) is 46.6 Å². The van der Waals surface area contributed by atoms with Gasteiger partial charge in [-0.3, -0.25) is 0 Å². The summed E-state index contributed by atoms with van der Waals surface area (Å²) in [4.78, 5) is 0. The molecule has 0 aliphatic rings. The SMILES string of the molecule is CC(C)(C)NCc1ccc(-c2ccc(Br)cc2)o1.Cl. The van der Waals surface area contributed by atoms with E-state index in [1.807, 2.05) is 36.4 Å². The van der Waals surface area contributed by atoms with Gasteiger partial charge in [-0.1, -0.05) is 28.1 Å². The zero-order valence-corrected chi connectivity index (χ0v) is 13.8. The topological polar surface area (TPSA) is 25.2 Å². The van der Waals surface area contributed by atoms with Gasteiger partial charge in [0.25, 0.3) is 0 Å². The molecule has 0 aliphatic heterocycles. The van der Waals surface area contributed by atoms with Crippen LogP contribution in [0.2, 0.25) is 0 Å². The number of benzene rings is 1. The van der Waals surface area contributed by atoms with Crippen LogP contribution in [0, 0.1) is 0 Å². The van der Waals surface area contributed by atoms with Crippen molar-refractivity contribution >= 4 is 28.3 Å². The van der Waals surface area contributed by atoms with E-state index in [2.05, 4.69) is 42.0 Å². The molecule has 2 aromatic rings. The summed E-state index contributed by atoms with van der Waals surface area (Å²) in [6.07, 6.45) is 0. The number of nitrogens with one attached hydrogen (secondary N) is 1. The Kier molecular flexibility index (Phi) is 5.65. The van der Waals surface area contributed by atoms with Crippen molar-refractivity contribution < 1.29 is 4.42 Å². The van der Waals surface area contributed by atoms with Crippen LogP contribution in [0.1, 0.15) is 26.5 Å². The Morgan fingerprint density at radius 2 is 1.68 bits per heavy atom. The number of rotatable bonds is 3. The number of hydrogen-bond acceptors (Lipinski definition) is 2. The summed E-state index contributed by atoms with van der Waals surface area (Å²) < 4.78 is 6.90. The monoisotopic (exact) mass is 343 g/mol. The van der Waals surface area contributed by atoms with Gasteiger partial charge in [0.1, 0.15) is 11.5 Å². The predicted octanol–water partition coefficient (Wildman–Crippen LogP) is 5.02. The van der Waals surface area contributed by atoms with Gasteiger partial charge in [0.15, 0.2) is 0 Å². The molecule has 0 amide bonds. The molecule has 2 nitrogen and oxygen atoms in total. The molecule has 0 saturated heterocycles. The van der Waals surface area contributed by atoms with Crippen molar-refractivity contribution in [1.82, 2.24) is 5.32 Å². The number of furan rings is 1. The van der Waals surface area contributed by atoms with E-state index in [-0.39, 0.29) is 17.9 Å². The highest BCUT2D eigenvalue weighted by molar-refractivity contribution is 9.10. The summed E-state index contributed by atoms with van der Waals surface area (Å²) in [5.41, 5.74) is 1.20. The lowest BCUT2D eigenvalue weighted by molar-refractivity contribution is 0.391. The Hall–Kier alpha value is -0.770. The molecule has 0 fully saturated rings. The maximum Gasteiger partial charge on any atom is 0.134 e. The smallest absolute Gasteiger partial charge is 0.134 e. The average Bonchev–Trinajstić information content (AvgIpc) is 2.75. The van der Waals surface area contributed by atoms with Crippen LogP contribution >= 0.6 is 28.3 Å². The molecule has 0 unspecified atom stereocenters. The largest absolute Gasteiger partial charge is 0.460 e. The van der Waals surface area contributed by atoms with Crippen molar-refractivity contribution in [2.24, 2.45) is 0 Å². The van der Waals surface area contributed by atoms with Crippen LogP contribution in [-0.4, -0.2) is 5.54 Å². The fourth-order valence-corrected chi connectivity index (χ4v) is 1.86. The van der Waals surface area contributed by atoms with E-state index in [4.69, 9.17) is 4.42 Å². The maximum absolute atomic E-state index is 5.83. The van der Waals surface area contributed by atoms with E-state index in [0.29, 0.717) is 0 Å². The molecule has 0 radical (unpaired) electrons. The Morgan fingerprint density at radius 3 is 2.26 bits per heavy atom. The molecular weight excluding hydrogens is 326 g/mol. The van der Waals surface area contributed by atoms with Gasteiger partial charge >= 0.3 is 0 Å². The first-order chi connectivity index (χ1) is 8.44. The summed E-state index contributed by atoms with van der Waals surface area (Å²) in [5, 5.41) is 3.41. The van der Waals surface area contributed by atoms with Crippen molar-refractivity contribution in [2.45, 2.75) is 32.9 Å². The molecule has 0 saturated carbocycles. The molecule has 0 spiro atoms. The van der Waals surface area contributed by atoms with Crippen LogP contribution in [0.5, 0.6) is 0 Å². The molecule has 19 heavy (non-hydrogen) atoms. The zero-order valence-electron chi connectivity index (χ0n) is 11.4. The Morgan fingerprint density at radius 1 is 1.05 bits per heavy atom. The summed E-state index contributed by atoms with van der Waals surface area (Å²) in [6, 6.07) is 12.2. The third-order valence-electron chi connectivity index (χ3n) is 2.58. The average molecular weight is 345 g/mol. The minimum atomic E-state index is 0. The molecular formula is C15H19BrClNO. The molecule has 1 aromatic carbocycles.